The molecule has 29 heavy (non-hydrogen) atoms. The zero-order valence-electron chi connectivity index (χ0n) is 16.9. The molecule has 1 saturated heterocycles. The maximum absolute atomic E-state index is 12.8. The molecule has 1 aliphatic rings. The van der Waals surface area contributed by atoms with Crippen molar-refractivity contribution in [3.8, 4) is 5.75 Å². The zero-order valence-corrected chi connectivity index (χ0v) is 17.7. The number of nitrogens with zero attached hydrogens (tertiary/aromatic N) is 1. The number of para-hydroxylation sites is 1. The molecule has 1 N–H and O–H groups in total. The summed E-state index contributed by atoms with van der Waals surface area (Å²) in [7, 11) is -1.87. The molecule has 0 bridgehead atoms. The summed E-state index contributed by atoms with van der Waals surface area (Å²) in [4.78, 5) is 12.5. The fraction of sp³-hybridized carbons (Fsp3) is 0.409. The monoisotopic (exact) mass is 416 g/mol. The second-order valence-electron chi connectivity index (χ2n) is 7.47. The van der Waals surface area contributed by atoms with Gasteiger partial charge in [-0.3, -0.25) is 4.79 Å². The Morgan fingerprint density at radius 2 is 1.76 bits per heavy atom. The number of anilines is 1. The highest BCUT2D eigenvalue weighted by molar-refractivity contribution is 7.89. The van der Waals surface area contributed by atoms with Crippen molar-refractivity contribution in [2.45, 2.75) is 37.5 Å². The second-order valence-corrected chi connectivity index (χ2v) is 9.41. The van der Waals surface area contributed by atoms with Gasteiger partial charge in [-0.1, -0.05) is 25.1 Å². The molecule has 7 heteroatoms. The van der Waals surface area contributed by atoms with E-state index < -0.39 is 10.0 Å². The van der Waals surface area contributed by atoms with Crippen LogP contribution in [0.2, 0.25) is 0 Å². The molecule has 0 saturated carbocycles. The molecule has 1 heterocycles. The number of hydrogen-bond acceptors (Lipinski definition) is 4. The van der Waals surface area contributed by atoms with Crippen molar-refractivity contribution >= 4 is 21.6 Å². The summed E-state index contributed by atoms with van der Waals surface area (Å²) >= 11 is 0. The van der Waals surface area contributed by atoms with Crippen LogP contribution in [0.1, 0.15) is 31.7 Å². The Bertz CT molecular complexity index is 934. The highest BCUT2D eigenvalue weighted by atomic mass is 32.2. The van der Waals surface area contributed by atoms with Crippen LogP contribution in [0.4, 0.5) is 5.69 Å². The fourth-order valence-corrected chi connectivity index (χ4v) is 4.94. The largest absolute Gasteiger partial charge is 0.496 e. The van der Waals surface area contributed by atoms with E-state index in [-0.39, 0.29) is 10.8 Å². The van der Waals surface area contributed by atoms with Crippen molar-refractivity contribution < 1.29 is 17.9 Å². The molecular formula is C22H28N2O4S. The molecule has 0 aromatic heterocycles. The average molecular weight is 417 g/mol. The Labute approximate surface area is 172 Å². The first-order chi connectivity index (χ1) is 13.9. The Balaban J connectivity index is 1.58. The van der Waals surface area contributed by atoms with Crippen LogP contribution in [0.15, 0.2) is 53.4 Å². The van der Waals surface area contributed by atoms with Gasteiger partial charge in [-0.2, -0.15) is 4.31 Å². The van der Waals surface area contributed by atoms with Crippen molar-refractivity contribution in [2.75, 3.05) is 25.5 Å². The Morgan fingerprint density at radius 3 is 2.41 bits per heavy atom. The number of sulfonamides is 1. The molecule has 1 fully saturated rings. The van der Waals surface area contributed by atoms with Gasteiger partial charge in [0.2, 0.25) is 15.9 Å². The predicted molar refractivity (Wildman–Crippen MR) is 114 cm³/mol. The number of rotatable bonds is 7. The molecular weight excluding hydrogens is 388 g/mol. The van der Waals surface area contributed by atoms with Crippen molar-refractivity contribution in [1.29, 1.82) is 0 Å². The van der Waals surface area contributed by atoms with Crippen molar-refractivity contribution in [3.05, 3.63) is 54.1 Å². The van der Waals surface area contributed by atoms with Gasteiger partial charge in [0.25, 0.3) is 0 Å². The van der Waals surface area contributed by atoms with Gasteiger partial charge >= 0.3 is 0 Å². The van der Waals surface area contributed by atoms with E-state index in [2.05, 4.69) is 12.2 Å². The van der Waals surface area contributed by atoms with Crippen LogP contribution >= 0.6 is 0 Å². The van der Waals surface area contributed by atoms with Gasteiger partial charge in [0, 0.05) is 25.2 Å². The third-order valence-electron chi connectivity index (χ3n) is 5.33. The zero-order chi connectivity index (χ0) is 20.9. The van der Waals surface area contributed by atoms with E-state index in [1.807, 2.05) is 24.3 Å². The van der Waals surface area contributed by atoms with E-state index in [1.165, 1.54) is 0 Å². The molecule has 3 rings (SSSR count). The minimum Gasteiger partial charge on any atom is -0.496 e. The summed E-state index contributed by atoms with van der Waals surface area (Å²) in [5, 5.41) is 2.83. The Hall–Kier alpha value is -2.38. The fourth-order valence-electron chi connectivity index (χ4n) is 3.47. The topological polar surface area (TPSA) is 75.7 Å². The molecule has 6 nitrogen and oxygen atoms in total. The molecule has 2 aromatic carbocycles. The predicted octanol–water partition coefficient (Wildman–Crippen LogP) is 3.69. The number of ether oxygens (including phenoxy) is 1. The highest BCUT2D eigenvalue weighted by Gasteiger charge is 2.27. The SMILES string of the molecule is COc1ccccc1CCC(=O)Nc1ccc(S(=O)(=O)N2CCC(C)CC2)cc1. The van der Waals surface area contributed by atoms with E-state index in [9.17, 15) is 13.2 Å². The van der Waals surface area contributed by atoms with Gasteiger partial charge in [0.1, 0.15) is 5.75 Å². The summed E-state index contributed by atoms with van der Waals surface area (Å²) in [5.74, 6) is 1.20. The summed E-state index contributed by atoms with van der Waals surface area (Å²) in [6, 6.07) is 14.0. The molecule has 2 aromatic rings. The van der Waals surface area contributed by atoms with Crippen LogP contribution in [0.5, 0.6) is 5.75 Å². The standard InChI is InChI=1S/C22H28N2O4S/c1-17-13-15-24(16-14-17)29(26,27)20-10-8-19(9-11-20)23-22(25)12-7-18-5-3-4-6-21(18)28-2/h3-6,8-11,17H,7,12-16H2,1-2H3,(H,23,25). The number of aryl methyl sites for hydroxylation is 1. The number of hydrogen-bond donors (Lipinski definition) is 1. The van der Waals surface area contributed by atoms with Crippen molar-refractivity contribution in [3.63, 3.8) is 0 Å². The van der Waals surface area contributed by atoms with Gasteiger partial charge < -0.3 is 10.1 Å². The number of carbonyl (C=O) groups excluding carboxylic acids is 1. The van der Waals surface area contributed by atoms with Crippen LogP contribution < -0.4 is 10.1 Å². The molecule has 1 amide bonds. The minimum atomic E-state index is -3.48. The van der Waals surface area contributed by atoms with E-state index in [0.717, 1.165) is 24.2 Å². The van der Waals surface area contributed by atoms with Crippen LogP contribution in [0, 0.1) is 5.92 Å². The summed E-state index contributed by atoms with van der Waals surface area (Å²) in [5.41, 5.74) is 1.56. The number of amides is 1. The van der Waals surface area contributed by atoms with E-state index >= 15 is 0 Å². The molecule has 156 valence electrons. The van der Waals surface area contributed by atoms with Crippen LogP contribution in [0.25, 0.3) is 0 Å². The number of carbonyl (C=O) groups is 1. The van der Waals surface area contributed by atoms with Gasteiger partial charge in [-0.05, 0) is 61.1 Å². The van der Waals surface area contributed by atoms with E-state index in [4.69, 9.17) is 4.74 Å². The molecule has 0 radical (unpaired) electrons. The molecule has 0 aliphatic carbocycles. The smallest absolute Gasteiger partial charge is 0.243 e. The second kappa shape index (κ2) is 9.41. The lowest BCUT2D eigenvalue weighted by atomic mass is 10.0. The molecule has 0 unspecified atom stereocenters. The van der Waals surface area contributed by atoms with Gasteiger partial charge in [0.05, 0.1) is 12.0 Å². The molecule has 0 spiro atoms. The van der Waals surface area contributed by atoms with Gasteiger partial charge in [-0.15, -0.1) is 0 Å². The summed E-state index contributed by atoms with van der Waals surface area (Å²) in [6.07, 6.45) is 2.65. The maximum atomic E-state index is 12.8. The van der Waals surface area contributed by atoms with Crippen molar-refractivity contribution in [1.82, 2.24) is 4.31 Å². The summed E-state index contributed by atoms with van der Waals surface area (Å²) < 4.78 is 32.4. The van der Waals surface area contributed by atoms with Crippen molar-refractivity contribution in [2.24, 2.45) is 5.92 Å². The van der Waals surface area contributed by atoms with E-state index in [0.29, 0.717) is 37.5 Å². The number of methoxy groups -OCH3 is 1. The first-order valence-electron chi connectivity index (χ1n) is 9.92. The quantitative estimate of drug-likeness (QED) is 0.747. The number of nitrogens with one attached hydrogen (secondary N) is 1. The third-order valence-corrected chi connectivity index (χ3v) is 7.25. The Morgan fingerprint density at radius 1 is 1.10 bits per heavy atom. The lowest BCUT2D eigenvalue weighted by Gasteiger charge is -2.29. The van der Waals surface area contributed by atoms with Crippen LogP contribution in [0.3, 0.4) is 0 Å². The van der Waals surface area contributed by atoms with Crippen LogP contribution in [-0.4, -0.2) is 38.8 Å². The van der Waals surface area contributed by atoms with Crippen LogP contribution in [-0.2, 0) is 21.2 Å². The van der Waals surface area contributed by atoms with Gasteiger partial charge in [-0.25, -0.2) is 8.42 Å². The minimum absolute atomic E-state index is 0.128. The number of benzene rings is 2. The maximum Gasteiger partial charge on any atom is 0.243 e. The number of piperidine rings is 1. The highest BCUT2D eigenvalue weighted by Crippen LogP contribution is 2.24. The first-order valence-corrected chi connectivity index (χ1v) is 11.4. The van der Waals surface area contributed by atoms with E-state index in [1.54, 1.807) is 35.7 Å². The van der Waals surface area contributed by atoms with Gasteiger partial charge in [0.15, 0.2) is 0 Å². The Kier molecular flexibility index (Phi) is 6.92. The average Bonchev–Trinajstić information content (AvgIpc) is 2.73. The molecule has 1 aliphatic heterocycles. The third kappa shape index (κ3) is 5.36. The molecule has 0 atom stereocenters. The first kappa shape index (κ1) is 21.3. The lowest BCUT2D eigenvalue weighted by Crippen LogP contribution is -2.37. The normalized spacial score (nSPS) is 15.8. The summed E-state index contributed by atoms with van der Waals surface area (Å²) in [6.45, 7) is 3.27. The lowest BCUT2D eigenvalue weighted by molar-refractivity contribution is -0.116.